The van der Waals surface area contributed by atoms with Gasteiger partial charge in [-0.15, -0.1) is 24.0 Å². The van der Waals surface area contributed by atoms with E-state index >= 15 is 0 Å². The van der Waals surface area contributed by atoms with Crippen LogP contribution >= 0.6 is 35.7 Å². The summed E-state index contributed by atoms with van der Waals surface area (Å²) < 4.78 is 0. The molecule has 0 radical (unpaired) electrons. The third-order valence-corrected chi connectivity index (χ3v) is 3.57. The Balaban J connectivity index is 0. The molecule has 3 nitrogen and oxygen atoms in total. The molecule has 0 fully saturated rings. The van der Waals surface area contributed by atoms with Crippen LogP contribution in [0.1, 0.15) is 58.3 Å². The Morgan fingerprint density at radius 2 is 1.74 bits per heavy atom. The molecule has 0 rings (SSSR count). The van der Waals surface area contributed by atoms with Crippen LogP contribution in [0.4, 0.5) is 0 Å². The predicted molar refractivity (Wildman–Crippen MR) is 101 cm³/mol. The second-order valence-electron chi connectivity index (χ2n) is 4.66. The van der Waals surface area contributed by atoms with E-state index in [-0.39, 0.29) is 24.0 Å². The average Bonchev–Trinajstić information content (AvgIpc) is 2.37. The lowest BCUT2D eigenvalue weighted by Crippen LogP contribution is -2.32. The second-order valence-corrected chi connectivity index (χ2v) is 5.65. The van der Waals surface area contributed by atoms with Gasteiger partial charge in [0.25, 0.3) is 0 Å². The summed E-state index contributed by atoms with van der Waals surface area (Å²) in [5.74, 6) is 1.85. The van der Waals surface area contributed by atoms with Gasteiger partial charge in [0.15, 0.2) is 5.96 Å². The van der Waals surface area contributed by atoms with Crippen molar-refractivity contribution in [1.29, 1.82) is 0 Å². The largest absolute Gasteiger partial charge is 0.370 e. The molecule has 116 valence electrons. The van der Waals surface area contributed by atoms with Gasteiger partial charge >= 0.3 is 0 Å². The number of hydrogen-bond acceptors (Lipinski definition) is 2. The van der Waals surface area contributed by atoms with Crippen molar-refractivity contribution in [2.24, 2.45) is 10.7 Å². The zero-order valence-electron chi connectivity index (χ0n) is 12.6. The molecule has 0 atom stereocenters. The highest BCUT2D eigenvalue weighted by molar-refractivity contribution is 14.0. The van der Waals surface area contributed by atoms with Crippen LogP contribution in [0.5, 0.6) is 0 Å². The minimum absolute atomic E-state index is 0. The Bertz CT molecular complexity index is 201. The summed E-state index contributed by atoms with van der Waals surface area (Å²) in [6.45, 7) is 4.07. The molecule has 3 N–H and O–H groups in total. The highest BCUT2D eigenvalue weighted by atomic mass is 127. The maximum Gasteiger partial charge on any atom is 0.188 e. The lowest BCUT2D eigenvalue weighted by atomic mass is 10.1. The van der Waals surface area contributed by atoms with Crippen LogP contribution in [0.3, 0.4) is 0 Å². The summed E-state index contributed by atoms with van der Waals surface area (Å²) in [5.41, 5.74) is 5.78. The Kier molecular flexibility index (Phi) is 20.9. The number of rotatable bonds is 12. The minimum atomic E-state index is 0. The van der Waals surface area contributed by atoms with E-state index in [0.717, 1.165) is 13.1 Å². The summed E-state index contributed by atoms with van der Waals surface area (Å²) in [7, 11) is 0. The lowest BCUT2D eigenvalue weighted by molar-refractivity contribution is 0.611. The molecule has 0 aliphatic rings. The number of guanidine groups is 1. The van der Waals surface area contributed by atoms with Crippen LogP contribution in [-0.2, 0) is 0 Å². The molecular weight excluding hydrogens is 369 g/mol. The number of aliphatic imine (C=N–C) groups is 1. The van der Waals surface area contributed by atoms with E-state index in [1.807, 2.05) is 11.8 Å². The molecule has 0 aromatic heterocycles. The summed E-state index contributed by atoms with van der Waals surface area (Å²) >= 11 is 1.90. The first-order valence-electron chi connectivity index (χ1n) is 7.34. The minimum Gasteiger partial charge on any atom is -0.370 e. The Morgan fingerprint density at radius 3 is 2.42 bits per heavy atom. The molecule has 0 unspecified atom stereocenters. The van der Waals surface area contributed by atoms with Crippen LogP contribution in [0.2, 0.25) is 0 Å². The van der Waals surface area contributed by atoms with E-state index in [0.29, 0.717) is 5.96 Å². The second kappa shape index (κ2) is 18.4. The topological polar surface area (TPSA) is 50.4 Å². The van der Waals surface area contributed by atoms with Crippen molar-refractivity contribution in [1.82, 2.24) is 5.32 Å². The monoisotopic (exact) mass is 401 g/mol. The molecule has 0 aliphatic heterocycles. The molecule has 0 saturated heterocycles. The van der Waals surface area contributed by atoms with E-state index < -0.39 is 0 Å². The molecule has 0 heterocycles. The highest BCUT2D eigenvalue weighted by Gasteiger charge is 1.92. The van der Waals surface area contributed by atoms with Gasteiger partial charge in [-0.3, -0.25) is 4.99 Å². The summed E-state index contributed by atoms with van der Waals surface area (Å²) in [6, 6.07) is 0. The van der Waals surface area contributed by atoms with Crippen LogP contribution in [0.15, 0.2) is 4.99 Å². The van der Waals surface area contributed by atoms with Crippen LogP contribution in [-0.4, -0.2) is 31.1 Å². The first kappa shape index (κ1) is 21.6. The molecule has 19 heavy (non-hydrogen) atoms. The van der Waals surface area contributed by atoms with E-state index in [9.17, 15) is 0 Å². The fourth-order valence-electron chi connectivity index (χ4n) is 1.74. The Hall–Kier alpha value is 0.350. The molecule has 0 saturated carbocycles. The molecule has 0 aromatic rings. The van der Waals surface area contributed by atoms with Gasteiger partial charge in [0.2, 0.25) is 0 Å². The zero-order valence-corrected chi connectivity index (χ0v) is 15.8. The molecule has 0 spiro atoms. The van der Waals surface area contributed by atoms with Crippen LogP contribution in [0, 0.1) is 0 Å². The summed E-state index contributed by atoms with van der Waals surface area (Å²) in [4.78, 5) is 4.34. The van der Waals surface area contributed by atoms with Crippen molar-refractivity contribution >= 4 is 41.7 Å². The molecule has 0 amide bonds. The average molecular weight is 401 g/mol. The fourth-order valence-corrected chi connectivity index (χ4v) is 2.23. The van der Waals surface area contributed by atoms with Gasteiger partial charge in [-0.05, 0) is 31.3 Å². The molecule has 0 aliphatic carbocycles. The van der Waals surface area contributed by atoms with E-state index in [2.05, 4.69) is 23.5 Å². The van der Waals surface area contributed by atoms with Crippen molar-refractivity contribution in [2.45, 2.75) is 58.3 Å². The lowest BCUT2D eigenvalue weighted by Gasteiger charge is -2.05. The van der Waals surface area contributed by atoms with Gasteiger partial charge in [0.1, 0.15) is 0 Å². The third kappa shape index (κ3) is 18.4. The number of unbranched alkanes of at least 4 members (excludes halogenated alkanes) is 6. The Morgan fingerprint density at radius 1 is 1.05 bits per heavy atom. The number of thioether (sulfide) groups is 1. The van der Waals surface area contributed by atoms with Crippen LogP contribution in [0.25, 0.3) is 0 Å². The standard InChI is InChI=1S/C14H31N3S.HI/c1-3-4-5-6-7-8-11-16-14(15)17-12-9-10-13-18-2;/h3-13H2,1-2H3,(H3,15,16,17);1H. The number of halogens is 1. The molecule has 5 heteroatoms. The first-order chi connectivity index (χ1) is 8.81. The number of hydrogen-bond donors (Lipinski definition) is 2. The van der Waals surface area contributed by atoms with Crippen molar-refractivity contribution < 1.29 is 0 Å². The van der Waals surface area contributed by atoms with Crippen molar-refractivity contribution in [3.63, 3.8) is 0 Å². The van der Waals surface area contributed by atoms with Gasteiger partial charge in [-0.1, -0.05) is 39.0 Å². The SMILES string of the molecule is CCCCCCCCN=C(N)NCCCCSC.I. The van der Waals surface area contributed by atoms with Crippen molar-refractivity contribution in [2.75, 3.05) is 25.1 Å². The van der Waals surface area contributed by atoms with E-state index in [4.69, 9.17) is 5.73 Å². The van der Waals surface area contributed by atoms with Crippen molar-refractivity contribution in [3.05, 3.63) is 0 Å². The number of nitrogens with two attached hydrogens (primary N) is 1. The van der Waals surface area contributed by atoms with Gasteiger partial charge in [0.05, 0.1) is 0 Å². The van der Waals surface area contributed by atoms with Gasteiger partial charge in [-0.25, -0.2) is 0 Å². The Labute approximate surface area is 141 Å². The molecular formula is C14H32IN3S. The molecule has 0 bridgehead atoms. The predicted octanol–water partition coefficient (Wildman–Crippen LogP) is 4.01. The smallest absolute Gasteiger partial charge is 0.188 e. The third-order valence-electron chi connectivity index (χ3n) is 2.88. The van der Waals surface area contributed by atoms with Gasteiger partial charge in [-0.2, -0.15) is 11.8 Å². The zero-order chi connectivity index (χ0) is 13.5. The number of nitrogens with one attached hydrogen (secondary N) is 1. The highest BCUT2D eigenvalue weighted by Crippen LogP contribution is 2.04. The quantitative estimate of drug-likeness (QED) is 0.225. The van der Waals surface area contributed by atoms with Crippen molar-refractivity contribution in [3.8, 4) is 0 Å². The maximum absolute atomic E-state index is 5.78. The maximum atomic E-state index is 5.78. The normalized spacial score (nSPS) is 11.2. The molecule has 0 aromatic carbocycles. The fraction of sp³-hybridized carbons (Fsp3) is 0.929. The summed E-state index contributed by atoms with van der Waals surface area (Å²) in [6.07, 6.45) is 12.4. The number of nitrogens with zero attached hydrogens (tertiary/aromatic N) is 1. The first-order valence-corrected chi connectivity index (χ1v) is 8.73. The van der Waals surface area contributed by atoms with Gasteiger partial charge in [0, 0.05) is 13.1 Å². The van der Waals surface area contributed by atoms with E-state index in [1.165, 1.54) is 57.1 Å². The van der Waals surface area contributed by atoms with E-state index in [1.54, 1.807) is 0 Å². The van der Waals surface area contributed by atoms with Crippen LogP contribution < -0.4 is 11.1 Å². The summed E-state index contributed by atoms with van der Waals surface area (Å²) in [5, 5.41) is 3.17. The van der Waals surface area contributed by atoms with Gasteiger partial charge < -0.3 is 11.1 Å².